The molecule has 1 aromatic carbocycles. The fraction of sp³-hybridized carbons (Fsp3) is 0.429. The average Bonchev–Trinajstić information content (AvgIpc) is 2.89. The Kier molecular flexibility index (Phi) is 3.96. The summed E-state index contributed by atoms with van der Waals surface area (Å²) in [7, 11) is 0. The van der Waals surface area contributed by atoms with Gasteiger partial charge in [-0.1, -0.05) is 29.8 Å². The zero-order chi connectivity index (χ0) is 13.0. The minimum atomic E-state index is -0.610. The molecule has 18 heavy (non-hydrogen) atoms. The normalized spacial score (nSPS) is 20.1. The number of hydrogen-bond donors (Lipinski definition) is 1. The summed E-state index contributed by atoms with van der Waals surface area (Å²) < 4.78 is 5.30. The molecule has 0 aliphatic carbocycles. The molecule has 2 rings (SSSR count). The predicted molar refractivity (Wildman–Crippen MR) is 66.6 cm³/mol. The van der Waals surface area contributed by atoms with Gasteiger partial charge in [-0.3, -0.25) is 4.79 Å². The summed E-state index contributed by atoms with van der Waals surface area (Å²) in [5.74, 6) is -0.194. The Balaban J connectivity index is 2.05. The second-order valence-electron chi connectivity index (χ2n) is 4.49. The highest BCUT2D eigenvalue weighted by Gasteiger charge is 2.25. The molecular weight excluding hydrogens is 228 g/mol. The lowest BCUT2D eigenvalue weighted by molar-refractivity contribution is -0.130. The number of nitrogens with zero attached hydrogens (tertiary/aromatic N) is 1. The number of rotatable bonds is 3. The number of benzene rings is 1. The quantitative estimate of drug-likeness (QED) is 0.882. The molecule has 0 saturated carbocycles. The first-order valence-corrected chi connectivity index (χ1v) is 6.09. The van der Waals surface area contributed by atoms with Crippen molar-refractivity contribution in [3.05, 3.63) is 35.4 Å². The van der Waals surface area contributed by atoms with Crippen LogP contribution in [-0.4, -0.2) is 18.6 Å². The molecule has 1 heterocycles. The number of nitrogens with one attached hydrogen (secondary N) is 1. The van der Waals surface area contributed by atoms with Gasteiger partial charge in [0.2, 0.25) is 5.91 Å². The van der Waals surface area contributed by atoms with Crippen LogP contribution in [0.5, 0.6) is 0 Å². The minimum absolute atomic E-state index is 0.194. The SMILES string of the molecule is Cc1cccc(C(C#N)NC(=O)C2CCCO2)c1. The summed E-state index contributed by atoms with van der Waals surface area (Å²) in [5, 5.41) is 11.9. The van der Waals surface area contributed by atoms with Gasteiger partial charge in [-0.2, -0.15) is 5.26 Å². The Morgan fingerprint density at radius 1 is 1.61 bits per heavy atom. The second kappa shape index (κ2) is 5.65. The molecule has 0 bridgehead atoms. The second-order valence-corrected chi connectivity index (χ2v) is 4.49. The van der Waals surface area contributed by atoms with E-state index >= 15 is 0 Å². The van der Waals surface area contributed by atoms with Crippen LogP contribution < -0.4 is 5.32 Å². The summed E-state index contributed by atoms with van der Waals surface area (Å²) in [6, 6.07) is 9.09. The average molecular weight is 244 g/mol. The standard InChI is InChI=1S/C14H16N2O2/c1-10-4-2-5-11(8-10)12(9-15)16-14(17)13-6-3-7-18-13/h2,4-5,8,12-13H,3,6-7H2,1H3,(H,16,17). The Morgan fingerprint density at radius 2 is 2.44 bits per heavy atom. The largest absolute Gasteiger partial charge is 0.368 e. The van der Waals surface area contributed by atoms with E-state index in [0.717, 1.165) is 24.0 Å². The van der Waals surface area contributed by atoms with Gasteiger partial charge in [0.15, 0.2) is 0 Å². The molecule has 1 amide bonds. The van der Waals surface area contributed by atoms with Crippen LogP contribution in [0, 0.1) is 18.3 Å². The topological polar surface area (TPSA) is 62.1 Å². The fourth-order valence-corrected chi connectivity index (χ4v) is 2.06. The van der Waals surface area contributed by atoms with Crippen LogP contribution in [0.2, 0.25) is 0 Å². The van der Waals surface area contributed by atoms with Crippen molar-refractivity contribution in [1.82, 2.24) is 5.32 Å². The number of nitriles is 1. The predicted octanol–water partition coefficient (Wildman–Crippen LogP) is 1.85. The van der Waals surface area contributed by atoms with Crippen molar-refractivity contribution in [2.45, 2.75) is 31.9 Å². The third kappa shape index (κ3) is 2.88. The van der Waals surface area contributed by atoms with Gasteiger partial charge in [-0.15, -0.1) is 0 Å². The highest BCUT2D eigenvalue weighted by Crippen LogP contribution is 2.17. The molecule has 1 saturated heterocycles. The fourth-order valence-electron chi connectivity index (χ4n) is 2.06. The van der Waals surface area contributed by atoms with Crippen molar-refractivity contribution in [3.8, 4) is 6.07 Å². The van der Waals surface area contributed by atoms with E-state index < -0.39 is 12.1 Å². The molecule has 4 heteroatoms. The van der Waals surface area contributed by atoms with Gasteiger partial charge in [-0.25, -0.2) is 0 Å². The van der Waals surface area contributed by atoms with Crippen LogP contribution >= 0.6 is 0 Å². The summed E-state index contributed by atoms with van der Waals surface area (Å²) in [5.41, 5.74) is 1.88. The lowest BCUT2D eigenvalue weighted by atomic mass is 10.1. The Hall–Kier alpha value is -1.86. The van der Waals surface area contributed by atoms with Crippen molar-refractivity contribution in [2.75, 3.05) is 6.61 Å². The Morgan fingerprint density at radius 3 is 3.06 bits per heavy atom. The van der Waals surface area contributed by atoms with Gasteiger partial charge in [0, 0.05) is 6.61 Å². The molecule has 2 atom stereocenters. The minimum Gasteiger partial charge on any atom is -0.368 e. The third-order valence-electron chi connectivity index (χ3n) is 3.01. The van der Waals surface area contributed by atoms with E-state index in [-0.39, 0.29) is 5.91 Å². The lowest BCUT2D eigenvalue weighted by Gasteiger charge is -2.15. The van der Waals surface area contributed by atoms with E-state index in [1.807, 2.05) is 31.2 Å². The van der Waals surface area contributed by atoms with Crippen LogP contribution in [0.4, 0.5) is 0 Å². The number of carbonyl (C=O) groups is 1. The van der Waals surface area contributed by atoms with E-state index in [1.165, 1.54) is 0 Å². The summed E-state index contributed by atoms with van der Waals surface area (Å²) in [6.07, 6.45) is 1.24. The summed E-state index contributed by atoms with van der Waals surface area (Å²) in [6.45, 7) is 2.58. The van der Waals surface area contributed by atoms with E-state index in [1.54, 1.807) is 0 Å². The van der Waals surface area contributed by atoms with E-state index in [4.69, 9.17) is 10.00 Å². The highest BCUT2D eigenvalue weighted by atomic mass is 16.5. The van der Waals surface area contributed by atoms with Crippen LogP contribution in [0.1, 0.15) is 30.0 Å². The van der Waals surface area contributed by atoms with Gasteiger partial charge in [0.05, 0.1) is 6.07 Å². The number of amides is 1. The van der Waals surface area contributed by atoms with Crippen molar-refractivity contribution in [2.24, 2.45) is 0 Å². The molecule has 1 aliphatic heterocycles. The number of carbonyl (C=O) groups excluding carboxylic acids is 1. The molecule has 1 aromatic rings. The maximum atomic E-state index is 11.9. The van der Waals surface area contributed by atoms with Crippen molar-refractivity contribution in [3.63, 3.8) is 0 Å². The molecule has 0 aromatic heterocycles. The monoisotopic (exact) mass is 244 g/mol. The van der Waals surface area contributed by atoms with Gasteiger partial charge in [0.25, 0.3) is 0 Å². The number of ether oxygens (including phenoxy) is 1. The van der Waals surface area contributed by atoms with E-state index in [0.29, 0.717) is 6.61 Å². The molecule has 1 N–H and O–H groups in total. The summed E-state index contributed by atoms with van der Waals surface area (Å²) in [4.78, 5) is 11.9. The third-order valence-corrected chi connectivity index (χ3v) is 3.01. The molecule has 94 valence electrons. The smallest absolute Gasteiger partial charge is 0.250 e. The van der Waals surface area contributed by atoms with Gasteiger partial charge in [0.1, 0.15) is 12.1 Å². The van der Waals surface area contributed by atoms with Gasteiger partial charge >= 0.3 is 0 Å². The van der Waals surface area contributed by atoms with Gasteiger partial charge in [-0.05, 0) is 25.3 Å². The molecule has 4 nitrogen and oxygen atoms in total. The first kappa shape index (κ1) is 12.6. The maximum Gasteiger partial charge on any atom is 0.250 e. The molecular formula is C14H16N2O2. The first-order valence-electron chi connectivity index (χ1n) is 6.09. The highest BCUT2D eigenvalue weighted by molar-refractivity contribution is 5.81. The molecule has 1 aliphatic rings. The van der Waals surface area contributed by atoms with Crippen molar-refractivity contribution in [1.29, 1.82) is 5.26 Å². The molecule has 0 spiro atoms. The van der Waals surface area contributed by atoms with Crippen LogP contribution in [-0.2, 0) is 9.53 Å². The maximum absolute atomic E-state index is 11.9. The van der Waals surface area contributed by atoms with Crippen LogP contribution in [0.25, 0.3) is 0 Å². The van der Waals surface area contributed by atoms with Crippen molar-refractivity contribution >= 4 is 5.91 Å². The van der Waals surface area contributed by atoms with Crippen LogP contribution in [0.15, 0.2) is 24.3 Å². The molecule has 0 radical (unpaired) electrons. The Labute approximate surface area is 107 Å². The van der Waals surface area contributed by atoms with E-state index in [2.05, 4.69) is 11.4 Å². The Bertz CT molecular complexity index is 473. The van der Waals surface area contributed by atoms with E-state index in [9.17, 15) is 4.79 Å². The van der Waals surface area contributed by atoms with Gasteiger partial charge < -0.3 is 10.1 Å². The number of hydrogen-bond acceptors (Lipinski definition) is 3. The van der Waals surface area contributed by atoms with Crippen LogP contribution in [0.3, 0.4) is 0 Å². The zero-order valence-electron chi connectivity index (χ0n) is 10.3. The lowest BCUT2D eigenvalue weighted by Crippen LogP contribution is -2.36. The summed E-state index contributed by atoms with van der Waals surface area (Å²) >= 11 is 0. The number of aryl methyl sites for hydroxylation is 1. The zero-order valence-corrected chi connectivity index (χ0v) is 10.3. The molecule has 1 fully saturated rings. The first-order chi connectivity index (χ1) is 8.70. The van der Waals surface area contributed by atoms with Crippen molar-refractivity contribution < 1.29 is 9.53 Å². The molecule has 2 unspecified atom stereocenters.